The number of hydrogen-bond acceptors (Lipinski definition) is 2. The molecule has 1 fully saturated rings. The van der Waals surface area contributed by atoms with Gasteiger partial charge in [-0.1, -0.05) is 33.1 Å². The Morgan fingerprint density at radius 1 is 1.29 bits per heavy atom. The zero-order valence-corrected chi connectivity index (χ0v) is 9.84. The van der Waals surface area contributed by atoms with Crippen LogP contribution in [0, 0.1) is 5.41 Å². The molecular weight excluding hydrogens is 176 g/mol. The van der Waals surface area contributed by atoms with E-state index in [0.29, 0.717) is 11.5 Å². The Morgan fingerprint density at radius 3 is 2.36 bits per heavy atom. The largest absolute Gasteiger partial charge is 0.381 e. The lowest BCUT2D eigenvalue weighted by Gasteiger charge is -2.46. The van der Waals surface area contributed by atoms with Crippen LogP contribution in [-0.2, 0) is 9.47 Å². The van der Waals surface area contributed by atoms with Crippen molar-refractivity contribution in [2.45, 2.75) is 52.1 Å². The third-order valence-corrected chi connectivity index (χ3v) is 3.52. The SMILES string of the molecule is CCCCCC(OC)C1(CC)COC1. The van der Waals surface area contributed by atoms with Crippen LogP contribution in [0.3, 0.4) is 0 Å². The van der Waals surface area contributed by atoms with Gasteiger partial charge in [0.15, 0.2) is 0 Å². The molecule has 0 aliphatic carbocycles. The number of rotatable bonds is 7. The van der Waals surface area contributed by atoms with Crippen LogP contribution in [0.5, 0.6) is 0 Å². The highest BCUT2D eigenvalue weighted by atomic mass is 16.5. The Balaban J connectivity index is 2.35. The molecule has 0 saturated carbocycles. The van der Waals surface area contributed by atoms with E-state index in [1.165, 1.54) is 32.1 Å². The van der Waals surface area contributed by atoms with Gasteiger partial charge in [-0.3, -0.25) is 0 Å². The van der Waals surface area contributed by atoms with Crippen LogP contribution in [0.2, 0.25) is 0 Å². The second-order valence-corrected chi connectivity index (χ2v) is 4.43. The van der Waals surface area contributed by atoms with Crippen molar-refractivity contribution >= 4 is 0 Å². The summed E-state index contributed by atoms with van der Waals surface area (Å²) in [6.45, 7) is 6.28. The van der Waals surface area contributed by atoms with Gasteiger partial charge in [-0.15, -0.1) is 0 Å². The van der Waals surface area contributed by atoms with E-state index in [4.69, 9.17) is 9.47 Å². The molecule has 1 heterocycles. The van der Waals surface area contributed by atoms with Gasteiger partial charge < -0.3 is 9.47 Å². The molecule has 1 saturated heterocycles. The molecule has 1 atom stereocenters. The fraction of sp³-hybridized carbons (Fsp3) is 1.00. The summed E-state index contributed by atoms with van der Waals surface area (Å²) in [6.07, 6.45) is 6.68. The Hall–Kier alpha value is -0.0800. The summed E-state index contributed by atoms with van der Waals surface area (Å²) in [5.41, 5.74) is 0.336. The van der Waals surface area contributed by atoms with Crippen molar-refractivity contribution in [3.8, 4) is 0 Å². The molecule has 0 N–H and O–H groups in total. The minimum atomic E-state index is 0.336. The number of hydrogen-bond donors (Lipinski definition) is 0. The van der Waals surface area contributed by atoms with Crippen LogP contribution >= 0.6 is 0 Å². The van der Waals surface area contributed by atoms with Gasteiger partial charge in [-0.2, -0.15) is 0 Å². The van der Waals surface area contributed by atoms with Gasteiger partial charge >= 0.3 is 0 Å². The average molecular weight is 200 g/mol. The van der Waals surface area contributed by atoms with Crippen molar-refractivity contribution in [1.82, 2.24) is 0 Å². The highest BCUT2D eigenvalue weighted by Crippen LogP contribution is 2.38. The summed E-state index contributed by atoms with van der Waals surface area (Å²) in [4.78, 5) is 0. The molecule has 0 amide bonds. The van der Waals surface area contributed by atoms with Crippen molar-refractivity contribution in [2.24, 2.45) is 5.41 Å². The van der Waals surface area contributed by atoms with Gasteiger partial charge in [-0.05, 0) is 12.8 Å². The first-order valence-electron chi connectivity index (χ1n) is 5.89. The molecule has 0 aromatic rings. The predicted molar refractivity (Wildman–Crippen MR) is 58.5 cm³/mol. The Bertz CT molecular complexity index is 147. The van der Waals surface area contributed by atoms with E-state index in [1.807, 2.05) is 7.11 Å². The minimum Gasteiger partial charge on any atom is -0.381 e. The molecule has 2 nitrogen and oxygen atoms in total. The smallest absolute Gasteiger partial charge is 0.0671 e. The van der Waals surface area contributed by atoms with Gasteiger partial charge in [0.2, 0.25) is 0 Å². The van der Waals surface area contributed by atoms with E-state index in [1.54, 1.807) is 0 Å². The van der Waals surface area contributed by atoms with Gasteiger partial charge in [0.25, 0.3) is 0 Å². The highest BCUT2D eigenvalue weighted by molar-refractivity contribution is 4.91. The first-order valence-corrected chi connectivity index (χ1v) is 5.89. The van der Waals surface area contributed by atoms with E-state index in [2.05, 4.69) is 13.8 Å². The lowest BCUT2D eigenvalue weighted by Crippen LogP contribution is -2.51. The number of methoxy groups -OCH3 is 1. The molecule has 0 bridgehead atoms. The first kappa shape index (κ1) is 12.0. The molecule has 0 spiro atoms. The second-order valence-electron chi connectivity index (χ2n) is 4.43. The average Bonchev–Trinajstić information content (AvgIpc) is 2.14. The van der Waals surface area contributed by atoms with E-state index < -0.39 is 0 Å². The van der Waals surface area contributed by atoms with Gasteiger partial charge in [0.05, 0.1) is 19.3 Å². The maximum atomic E-state index is 5.62. The lowest BCUT2D eigenvalue weighted by molar-refractivity contribution is -0.183. The molecule has 1 aliphatic heterocycles. The summed E-state index contributed by atoms with van der Waals surface area (Å²) in [7, 11) is 1.84. The van der Waals surface area contributed by atoms with Crippen LogP contribution in [0.15, 0.2) is 0 Å². The normalized spacial score (nSPS) is 21.6. The van der Waals surface area contributed by atoms with Crippen LogP contribution in [0.1, 0.15) is 46.0 Å². The third kappa shape index (κ3) is 2.48. The molecule has 84 valence electrons. The van der Waals surface area contributed by atoms with E-state index >= 15 is 0 Å². The number of ether oxygens (including phenoxy) is 2. The van der Waals surface area contributed by atoms with E-state index in [-0.39, 0.29) is 0 Å². The van der Waals surface area contributed by atoms with Crippen LogP contribution in [0.25, 0.3) is 0 Å². The molecular formula is C12H24O2. The van der Waals surface area contributed by atoms with Crippen molar-refractivity contribution in [2.75, 3.05) is 20.3 Å². The molecule has 0 aromatic carbocycles. The number of unbranched alkanes of at least 4 members (excludes halogenated alkanes) is 2. The zero-order chi connectivity index (χ0) is 10.4. The van der Waals surface area contributed by atoms with Gasteiger partial charge in [0.1, 0.15) is 0 Å². The molecule has 1 unspecified atom stereocenters. The Morgan fingerprint density at radius 2 is 2.00 bits per heavy atom. The van der Waals surface area contributed by atoms with Gasteiger partial charge in [-0.25, -0.2) is 0 Å². The summed E-state index contributed by atoms with van der Waals surface area (Å²) in [6, 6.07) is 0. The standard InChI is InChI=1S/C12H24O2/c1-4-6-7-8-11(13-3)12(5-2)9-14-10-12/h11H,4-10H2,1-3H3. The van der Waals surface area contributed by atoms with Crippen molar-refractivity contribution < 1.29 is 9.47 Å². The quantitative estimate of drug-likeness (QED) is 0.588. The lowest BCUT2D eigenvalue weighted by atomic mass is 9.75. The summed E-state index contributed by atoms with van der Waals surface area (Å²) >= 11 is 0. The molecule has 0 radical (unpaired) electrons. The fourth-order valence-corrected chi connectivity index (χ4v) is 2.24. The highest BCUT2D eigenvalue weighted by Gasteiger charge is 2.43. The second kappa shape index (κ2) is 5.72. The fourth-order valence-electron chi connectivity index (χ4n) is 2.24. The maximum Gasteiger partial charge on any atom is 0.0671 e. The molecule has 0 aromatic heterocycles. The molecule has 2 heteroatoms. The Kier molecular flexibility index (Phi) is 4.90. The Labute approximate surface area is 88.0 Å². The van der Waals surface area contributed by atoms with Gasteiger partial charge in [0, 0.05) is 12.5 Å². The first-order chi connectivity index (χ1) is 6.79. The third-order valence-electron chi connectivity index (χ3n) is 3.52. The van der Waals surface area contributed by atoms with Crippen molar-refractivity contribution in [1.29, 1.82) is 0 Å². The molecule has 1 aliphatic rings. The van der Waals surface area contributed by atoms with Crippen LogP contribution in [0.4, 0.5) is 0 Å². The molecule has 1 rings (SSSR count). The summed E-state index contributed by atoms with van der Waals surface area (Å²) in [5, 5.41) is 0. The van der Waals surface area contributed by atoms with Crippen LogP contribution < -0.4 is 0 Å². The molecule has 14 heavy (non-hydrogen) atoms. The summed E-state index contributed by atoms with van der Waals surface area (Å²) < 4.78 is 11.0. The summed E-state index contributed by atoms with van der Waals surface area (Å²) in [5.74, 6) is 0. The van der Waals surface area contributed by atoms with Crippen molar-refractivity contribution in [3.05, 3.63) is 0 Å². The predicted octanol–water partition coefficient (Wildman–Crippen LogP) is 3.01. The monoisotopic (exact) mass is 200 g/mol. The maximum absolute atomic E-state index is 5.62. The van der Waals surface area contributed by atoms with E-state index in [9.17, 15) is 0 Å². The van der Waals surface area contributed by atoms with E-state index in [0.717, 1.165) is 13.2 Å². The topological polar surface area (TPSA) is 18.5 Å². The van der Waals surface area contributed by atoms with Crippen LogP contribution in [-0.4, -0.2) is 26.4 Å². The minimum absolute atomic E-state index is 0.336. The zero-order valence-electron chi connectivity index (χ0n) is 9.84. The van der Waals surface area contributed by atoms with Crippen molar-refractivity contribution in [3.63, 3.8) is 0 Å².